The van der Waals surface area contributed by atoms with Gasteiger partial charge in [0.25, 0.3) is 0 Å². The molecule has 0 unspecified atom stereocenters. The van der Waals surface area contributed by atoms with Gasteiger partial charge in [-0.25, -0.2) is 0 Å². The summed E-state index contributed by atoms with van der Waals surface area (Å²) in [6.07, 6.45) is 18.1. The number of carbonyl (C=O) groups excluding carboxylic acids is 2. The first kappa shape index (κ1) is 22.4. The lowest BCUT2D eigenvalue weighted by molar-refractivity contribution is -0.125. The van der Waals surface area contributed by atoms with E-state index in [1.807, 2.05) is 0 Å². The predicted molar refractivity (Wildman–Crippen MR) is 98.9 cm³/mol. The molecule has 2 amide bonds. The van der Waals surface area contributed by atoms with Crippen LogP contribution in [-0.2, 0) is 4.79 Å². The average Bonchev–Trinajstić information content (AvgIpc) is 2.50. The molecule has 0 saturated heterocycles. The maximum Gasteiger partial charge on any atom is 0.323 e. The molecule has 136 valence electrons. The van der Waals surface area contributed by atoms with Gasteiger partial charge < -0.3 is 0 Å². The van der Waals surface area contributed by atoms with Gasteiger partial charge in [0.15, 0.2) is 0 Å². The number of halogens is 1. The standard InChI is InChI=1S/C19H36ClNO2/c1-3-4-5-6-7-8-9-10-11-12-13-14-15-16-17-21(18(2)22)19(20)23/h3-17H2,1-2H3. The summed E-state index contributed by atoms with van der Waals surface area (Å²) in [5.74, 6) is -0.264. The van der Waals surface area contributed by atoms with Gasteiger partial charge >= 0.3 is 5.37 Å². The number of rotatable bonds is 15. The fraction of sp³-hybridized carbons (Fsp3) is 0.895. The van der Waals surface area contributed by atoms with E-state index in [0.717, 1.165) is 17.7 Å². The van der Waals surface area contributed by atoms with Gasteiger partial charge in [0.1, 0.15) is 0 Å². The van der Waals surface area contributed by atoms with Crippen molar-refractivity contribution in [2.45, 2.75) is 104 Å². The topological polar surface area (TPSA) is 37.4 Å². The maximum atomic E-state index is 11.2. The van der Waals surface area contributed by atoms with Crippen molar-refractivity contribution in [3.63, 3.8) is 0 Å². The SMILES string of the molecule is CCCCCCCCCCCCCCCCN(C(C)=O)C(=O)Cl. The number of unbranched alkanes of at least 4 members (excludes halogenated alkanes) is 13. The highest BCUT2D eigenvalue weighted by Gasteiger charge is 2.14. The van der Waals surface area contributed by atoms with Crippen LogP contribution in [0.3, 0.4) is 0 Å². The Balaban J connectivity index is 3.24. The van der Waals surface area contributed by atoms with Crippen LogP contribution in [0, 0.1) is 0 Å². The Hall–Kier alpha value is -0.570. The Kier molecular flexibility index (Phi) is 15.9. The van der Waals surface area contributed by atoms with Gasteiger partial charge in [-0.05, 0) is 18.0 Å². The highest BCUT2D eigenvalue weighted by atomic mass is 35.5. The zero-order valence-electron chi connectivity index (χ0n) is 15.2. The third-order valence-corrected chi connectivity index (χ3v) is 4.53. The van der Waals surface area contributed by atoms with Crippen LogP contribution in [0.15, 0.2) is 0 Å². The summed E-state index contributed by atoms with van der Waals surface area (Å²) in [5, 5.41) is -0.660. The Morgan fingerprint density at radius 1 is 0.696 bits per heavy atom. The molecule has 0 aromatic heterocycles. The minimum absolute atomic E-state index is 0.264. The number of imide groups is 1. The monoisotopic (exact) mass is 345 g/mol. The summed E-state index contributed by atoms with van der Waals surface area (Å²) in [7, 11) is 0. The van der Waals surface area contributed by atoms with Crippen LogP contribution in [0.1, 0.15) is 104 Å². The van der Waals surface area contributed by atoms with Gasteiger partial charge in [-0.2, -0.15) is 0 Å². The molecule has 0 fully saturated rings. The van der Waals surface area contributed by atoms with Crippen LogP contribution in [0.2, 0.25) is 0 Å². The van der Waals surface area contributed by atoms with Crippen molar-refractivity contribution < 1.29 is 9.59 Å². The summed E-state index contributed by atoms with van der Waals surface area (Å²) in [6, 6.07) is 0. The molecule has 0 aromatic rings. The number of hydrogen-bond donors (Lipinski definition) is 0. The van der Waals surface area contributed by atoms with E-state index < -0.39 is 5.37 Å². The van der Waals surface area contributed by atoms with Crippen molar-refractivity contribution >= 4 is 22.9 Å². The third-order valence-electron chi connectivity index (χ3n) is 4.33. The summed E-state index contributed by atoms with van der Waals surface area (Å²) < 4.78 is 0. The van der Waals surface area contributed by atoms with Crippen LogP contribution in [-0.4, -0.2) is 22.7 Å². The largest absolute Gasteiger partial charge is 0.323 e. The lowest BCUT2D eigenvalue weighted by Crippen LogP contribution is -2.31. The average molecular weight is 346 g/mol. The summed E-state index contributed by atoms with van der Waals surface area (Å²) in [6.45, 7) is 4.09. The van der Waals surface area contributed by atoms with E-state index in [2.05, 4.69) is 6.92 Å². The molecule has 3 nitrogen and oxygen atoms in total. The van der Waals surface area contributed by atoms with Crippen molar-refractivity contribution in [2.24, 2.45) is 0 Å². The Morgan fingerprint density at radius 2 is 1.04 bits per heavy atom. The molecule has 23 heavy (non-hydrogen) atoms. The fourth-order valence-corrected chi connectivity index (χ4v) is 3.04. The second-order valence-corrected chi connectivity index (χ2v) is 6.84. The van der Waals surface area contributed by atoms with Crippen molar-refractivity contribution in [3.05, 3.63) is 0 Å². The zero-order valence-corrected chi connectivity index (χ0v) is 16.0. The lowest BCUT2D eigenvalue weighted by atomic mass is 10.0. The van der Waals surface area contributed by atoms with Gasteiger partial charge in [-0.15, -0.1) is 0 Å². The molecule has 0 radical (unpaired) electrons. The highest BCUT2D eigenvalue weighted by molar-refractivity contribution is 6.63. The van der Waals surface area contributed by atoms with E-state index in [1.54, 1.807) is 0 Å². The normalized spacial score (nSPS) is 10.7. The summed E-state index contributed by atoms with van der Waals surface area (Å²) >= 11 is 5.36. The molecule has 0 bridgehead atoms. The molecule has 0 heterocycles. The van der Waals surface area contributed by atoms with Gasteiger partial charge in [0.2, 0.25) is 5.91 Å². The minimum Gasteiger partial charge on any atom is -0.275 e. The van der Waals surface area contributed by atoms with Crippen molar-refractivity contribution in [2.75, 3.05) is 6.54 Å². The van der Waals surface area contributed by atoms with Gasteiger partial charge in [-0.1, -0.05) is 90.4 Å². The first-order valence-corrected chi connectivity index (χ1v) is 9.95. The summed E-state index contributed by atoms with van der Waals surface area (Å²) in [5.41, 5.74) is 0. The molecule has 0 atom stereocenters. The van der Waals surface area contributed by atoms with E-state index in [4.69, 9.17) is 11.6 Å². The maximum absolute atomic E-state index is 11.2. The van der Waals surface area contributed by atoms with Crippen LogP contribution in [0.25, 0.3) is 0 Å². The molecule has 0 aliphatic heterocycles. The van der Waals surface area contributed by atoms with E-state index in [0.29, 0.717) is 6.54 Å². The molecule has 4 heteroatoms. The second kappa shape index (κ2) is 16.3. The molecule has 0 aliphatic rings. The minimum atomic E-state index is -0.660. The van der Waals surface area contributed by atoms with Crippen LogP contribution in [0.4, 0.5) is 4.79 Å². The Bertz CT molecular complexity index is 294. The van der Waals surface area contributed by atoms with E-state index in [9.17, 15) is 9.59 Å². The van der Waals surface area contributed by atoms with E-state index >= 15 is 0 Å². The molecule has 0 saturated carbocycles. The van der Waals surface area contributed by atoms with Crippen molar-refractivity contribution in [3.8, 4) is 0 Å². The molecule has 0 rings (SSSR count). The van der Waals surface area contributed by atoms with E-state index in [-0.39, 0.29) is 5.91 Å². The Labute approximate surface area is 148 Å². The quantitative estimate of drug-likeness (QED) is 0.189. The molecular formula is C19H36ClNO2. The number of carbonyl (C=O) groups is 2. The second-order valence-electron chi connectivity index (χ2n) is 6.52. The van der Waals surface area contributed by atoms with Gasteiger partial charge in [0.05, 0.1) is 0 Å². The molecule has 0 aliphatic carbocycles. The predicted octanol–water partition coefficient (Wildman–Crippen LogP) is 6.68. The van der Waals surface area contributed by atoms with Crippen LogP contribution < -0.4 is 0 Å². The molecule has 0 N–H and O–H groups in total. The van der Waals surface area contributed by atoms with Gasteiger partial charge in [-0.3, -0.25) is 14.5 Å². The fourth-order valence-electron chi connectivity index (χ4n) is 2.83. The molecular weight excluding hydrogens is 310 g/mol. The first-order valence-electron chi connectivity index (χ1n) is 9.57. The number of hydrogen-bond acceptors (Lipinski definition) is 2. The molecule has 0 spiro atoms. The van der Waals surface area contributed by atoms with Crippen molar-refractivity contribution in [1.29, 1.82) is 0 Å². The highest BCUT2D eigenvalue weighted by Crippen LogP contribution is 2.13. The third kappa shape index (κ3) is 14.7. The number of amides is 2. The van der Waals surface area contributed by atoms with Crippen molar-refractivity contribution in [1.82, 2.24) is 4.90 Å². The lowest BCUT2D eigenvalue weighted by Gasteiger charge is -2.14. The van der Waals surface area contributed by atoms with Crippen LogP contribution >= 0.6 is 11.6 Å². The number of nitrogens with zero attached hydrogens (tertiary/aromatic N) is 1. The molecule has 0 aromatic carbocycles. The van der Waals surface area contributed by atoms with Gasteiger partial charge in [0, 0.05) is 13.5 Å². The summed E-state index contributed by atoms with van der Waals surface area (Å²) in [4.78, 5) is 23.3. The van der Waals surface area contributed by atoms with E-state index in [1.165, 1.54) is 84.0 Å². The zero-order chi connectivity index (χ0) is 17.3. The first-order chi connectivity index (χ1) is 11.1. The van der Waals surface area contributed by atoms with Crippen LogP contribution in [0.5, 0.6) is 0 Å². The smallest absolute Gasteiger partial charge is 0.275 e. The Morgan fingerprint density at radius 3 is 1.35 bits per heavy atom.